The number of hydrogen-bond acceptors (Lipinski definition) is 3. The number of aliphatic hydroxyl groups is 1. The van der Waals surface area contributed by atoms with E-state index in [2.05, 4.69) is 13.0 Å². The first-order valence-corrected chi connectivity index (χ1v) is 9.31. The van der Waals surface area contributed by atoms with Crippen molar-refractivity contribution >= 4 is 5.78 Å². The molecule has 0 radical (unpaired) electrons. The maximum Gasteiger partial charge on any atom is 0.155 e. The van der Waals surface area contributed by atoms with Gasteiger partial charge < -0.3 is 5.11 Å². The summed E-state index contributed by atoms with van der Waals surface area (Å²) in [5.74, 6) is 2.86. The molecule has 3 nitrogen and oxygen atoms in total. The first-order chi connectivity index (χ1) is 11.0. The second kappa shape index (κ2) is 5.18. The minimum atomic E-state index is -0.782. The third-order valence-corrected chi connectivity index (χ3v) is 7.99. The van der Waals surface area contributed by atoms with Gasteiger partial charge in [-0.1, -0.05) is 12.5 Å². The summed E-state index contributed by atoms with van der Waals surface area (Å²) in [5.41, 5.74) is 0.544. The maximum absolute atomic E-state index is 11.7. The van der Waals surface area contributed by atoms with Gasteiger partial charge in [0.1, 0.15) is 0 Å². The van der Waals surface area contributed by atoms with Crippen LogP contribution in [0.4, 0.5) is 0 Å². The molecular weight excluding hydrogens is 286 g/mol. The minimum Gasteiger partial charge on any atom is -0.388 e. The van der Waals surface area contributed by atoms with E-state index >= 15 is 0 Å². The highest BCUT2D eigenvalue weighted by Crippen LogP contribution is 2.65. The monoisotopic (exact) mass is 313 g/mol. The highest BCUT2D eigenvalue weighted by molar-refractivity contribution is 5.91. The van der Waals surface area contributed by atoms with Crippen molar-refractivity contribution in [2.24, 2.45) is 29.1 Å². The van der Waals surface area contributed by atoms with Gasteiger partial charge >= 0.3 is 0 Å². The van der Waals surface area contributed by atoms with Crippen molar-refractivity contribution in [3.63, 3.8) is 0 Å². The number of ketones is 1. The molecule has 0 heterocycles. The minimum absolute atomic E-state index is 0.0877. The Bertz CT molecular complexity index is 603. The molecule has 3 fully saturated rings. The normalized spacial score (nSPS) is 48.7. The molecule has 0 aliphatic heterocycles. The average Bonchev–Trinajstić information content (AvgIpc) is 2.79. The van der Waals surface area contributed by atoms with Crippen LogP contribution in [0.25, 0.3) is 0 Å². The number of carbonyl (C=O) groups excluding carboxylic acids is 1. The Morgan fingerprint density at radius 1 is 1.22 bits per heavy atom. The summed E-state index contributed by atoms with van der Waals surface area (Å²) in [5, 5.41) is 20.3. The van der Waals surface area contributed by atoms with Crippen LogP contribution >= 0.6 is 0 Å². The molecule has 124 valence electrons. The van der Waals surface area contributed by atoms with Crippen LogP contribution in [0.2, 0.25) is 0 Å². The van der Waals surface area contributed by atoms with Crippen molar-refractivity contribution < 1.29 is 9.90 Å². The molecule has 4 rings (SSSR count). The molecule has 6 atom stereocenters. The van der Waals surface area contributed by atoms with Gasteiger partial charge in [-0.3, -0.25) is 4.79 Å². The van der Waals surface area contributed by atoms with Crippen LogP contribution in [0.5, 0.6) is 0 Å². The number of nitrogens with zero attached hydrogens (tertiary/aromatic N) is 1. The van der Waals surface area contributed by atoms with Gasteiger partial charge in [-0.15, -0.1) is 0 Å². The fourth-order valence-corrected chi connectivity index (χ4v) is 6.71. The molecule has 1 N–H and O–H groups in total. The van der Waals surface area contributed by atoms with Gasteiger partial charge in [0.05, 0.1) is 18.1 Å². The molecule has 23 heavy (non-hydrogen) atoms. The summed E-state index contributed by atoms with van der Waals surface area (Å²) in [7, 11) is 0. The van der Waals surface area contributed by atoms with Crippen LogP contribution in [-0.2, 0) is 4.79 Å². The standard InChI is InChI=1S/C20H27NO2/c1-19-8-6-16-15-5-3-14(22)12-13(15)2-4-17(16)18(19)7-9-20(19,23)10-11-21/h12,15-18,23H,2-10H2,1H3/t15-,16+,17+,18-,19-,20+/m0/s1. The highest BCUT2D eigenvalue weighted by Gasteiger charge is 2.62. The van der Waals surface area contributed by atoms with Gasteiger partial charge in [0, 0.05) is 11.8 Å². The lowest BCUT2D eigenvalue weighted by molar-refractivity contribution is -0.119. The van der Waals surface area contributed by atoms with Crippen molar-refractivity contribution in [2.45, 2.75) is 70.3 Å². The first kappa shape index (κ1) is 15.4. The van der Waals surface area contributed by atoms with Crippen molar-refractivity contribution in [3.8, 4) is 6.07 Å². The highest BCUT2D eigenvalue weighted by atomic mass is 16.3. The fourth-order valence-electron chi connectivity index (χ4n) is 6.71. The van der Waals surface area contributed by atoms with Crippen molar-refractivity contribution in [3.05, 3.63) is 11.6 Å². The molecular formula is C20H27NO2. The summed E-state index contributed by atoms with van der Waals surface area (Å²) < 4.78 is 0. The Hall–Kier alpha value is -1.14. The summed E-state index contributed by atoms with van der Waals surface area (Å²) >= 11 is 0. The zero-order valence-corrected chi connectivity index (χ0v) is 14.1. The molecule has 3 heteroatoms. The van der Waals surface area contributed by atoms with E-state index in [0.29, 0.717) is 29.5 Å². The summed E-state index contributed by atoms with van der Waals surface area (Å²) in [4.78, 5) is 11.7. The van der Waals surface area contributed by atoms with Crippen LogP contribution in [0.3, 0.4) is 0 Å². The number of allylic oxidation sites excluding steroid dienone is 1. The smallest absolute Gasteiger partial charge is 0.155 e. The van der Waals surface area contributed by atoms with Gasteiger partial charge in [0.2, 0.25) is 0 Å². The lowest BCUT2D eigenvalue weighted by atomic mass is 9.50. The number of rotatable bonds is 1. The lowest BCUT2D eigenvalue weighted by Gasteiger charge is -2.55. The molecule has 0 spiro atoms. The SMILES string of the molecule is C[C@]12CC[C@H]3[C@@H](CCC4=CC(=O)CC[C@@H]43)[C@@H]1CC[C@@]2(O)CC#N. The largest absolute Gasteiger partial charge is 0.388 e. The summed E-state index contributed by atoms with van der Waals surface area (Å²) in [6, 6.07) is 2.23. The van der Waals surface area contributed by atoms with Crippen molar-refractivity contribution in [1.82, 2.24) is 0 Å². The second-order valence-corrected chi connectivity index (χ2v) is 8.66. The van der Waals surface area contributed by atoms with E-state index in [9.17, 15) is 9.90 Å². The molecule has 0 unspecified atom stereocenters. The van der Waals surface area contributed by atoms with Crippen LogP contribution in [0, 0.1) is 40.4 Å². The van der Waals surface area contributed by atoms with E-state index in [-0.39, 0.29) is 11.8 Å². The third-order valence-electron chi connectivity index (χ3n) is 7.99. The van der Waals surface area contributed by atoms with Gasteiger partial charge in [0.15, 0.2) is 5.78 Å². The van der Waals surface area contributed by atoms with E-state index in [0.717, 1.165) is 44.9 Å². The molecule has 4 aliphatic carbocycles. The van der Waals surface area contributed by atoms with Gasteiger partial charge in [-0.25, -0.2) is 0 Å². The Morgan fingerprint density at radius 2 is 2.04 bits per heavy atom. The Kier molecular flexibility index (Phi) is 3.47. The number of fused-ring (bicyclic) bond motifs is 5. The third kappa shape index (κ3) is 2.07. The van der Waals surface area contributed by atoms with Gasteiger partial charge in [-0.2, -0.15) is 5.26 Å². The molecule has 0 bridgehead atoms. The van der Waals surface area contributed by atoms with Gasteiger partial charge in [0.25, 0.3) is 0 Å². The van der Waals surface area contributed by atoms with Crippen LogP contribution in [0.1, 0.15) is 64.7 Å². The average molecular weight is 313 g/mol. The predicted molar refractivity (Wildman–Crippen MR) is 87.3 cm³/mol. The quantitative estimate of drug-likeness (QED) is 0.801. The van der Waals surface area contributed by atoms with E-state index < -0.39 is 5.60 Å². The van der Waals surface area contributed by atoms with Crippen LogP contribution in [0.15, 0.2) is 11.6 Å². The molecule has 0 aromatic rings. The first-order valence-electron chi connectivity index (χ1n) is 9.31. The Balaban J connectivity index is 1.63. The van der Waals surface area contributed by atoms with Gasteiger partial charge in [-0.05, 0) is 74.7 Å². The number of hydrogen-bond donors (Lipinski definition) is 1. The van der Waals surface area contributed by atoms with E-state index in [1.54, 1.807) is 0 Å². The zero-order valence-electron chi connectivity index (χ0n) is 14.1. The molecule has 0 saturated heterocycles. The zero-order chi connectivity index (χ0) is 16.2. The molecule has 3 saturated carbocycles. The van der Waals surface area contributed by atoms with E-state index in [1.807, 2.05) is 6.08 Å². The predicted octanol–water partition coefficient (Wildman–Crippen LogP) is 3.77. The van der Waals surface area contributed by atoms with Crippen LogP contribution < -0.4 is 0 Å². The Labute approximate surface area is 138 Å². The topological polar surface area (TPSA) is 61.1 Å². The molecule has 0 amide bonds. The Morgan fingerprint density at radius 3 is 2.83 bits per heavy atom. The van der Waals surface area contributed by atoms with Crippen molar-refractivity contribution in [1.29, 1.82) is 5.26 Å². The molecule has 0 aromatic heterocycles. The van der Waals surface area contributed by atoms with Crippen LogP contribution in [-0.4, -0.2) is 16.5 Å². The molecule has 0 aromatic carbocycles. The van der Waals surface area contributed by atoms with E-state index in [1.165, 1.54) is 12.0 Å². The lowest BCUT2D eigenvalue weighted by Crippen LogP contribution is -2.52. The van der Waals surface area contributed by atoms with E-state index in [4.69, 9.17) is 5.26 Å². The maximum atomic E-state index is 11.7. The summed E-state index contributed by atoms with van der Waals surface area (Å²) in [6.07, 6.45) is 10.3. The number of carbonyl (C=O) groups is 1. The molecule has 4 aliphatic rings. The summed E-state index contributed by atoms with van der Waals surface area (Å²) in [6.45, 7) is 2.24. The van der Waals surface area contributed by atoms with Crippen molar-refractivity contribution in [2.75, 3.05) is 0 Å². The second-order valence-electron chi connectivity index (χ2n) is 8.66. The number of nitriles is 1. The fraction of sp³-hybridized carbons (Fsp3) is 0.800.